The number of rotatable bonds is 1. The molecule has 1 atom stereocenters. The van der Waals surface area contributed by atoms with Crippen LogP contribution in [0.25, 0.3) is 10.9 Å². The fraction of sp³-hybridized carbons (Fsp3) is 0.333. The summed E-state index contributed by atoms with van der Waals surface area (Å²) in [5.41, 5.74) is 0.650. The van der Waals surface area contributed by atoms with Crippen molar-refractivity contribution in [2.45, 2.75) is 12.3 Å². The second-order valence-corrected chi connectivity index (χ2v) is 5.09. The summed E-state index contributed by atoms with van der Waals surface area (Å²) in [5.74, 6) is 0.957. The van der Waals surface area contributed by atoms with Gasteiger partial charge in [-0.2, -0.15) is 0 Å². The minimum atomic E-state index is -0.0850. The Hall–Kier alpha value is -1.20. The summed E-state index contributed by atoms with van der Waals surface area (Å²) >= 11 is 3.35. The second kappa shape index (κ2) is 4.23. The summed E-state index contributed by atoms with van der Waals surface area (Å²) < 4.78 is 6.20. The van der Waals surface area contributed by atoms with Crippen LogP contribution in [0.4, 0.5) is 0 Å². The van der Waals surface area contributed by atoms with Gasteiger partial charge in [-0.3, -0.25) is 4.79 Å². The smallest absolute Gasteiger partial charge is 0.258 e. The average Bonchev–Trinajstić information content (AvgIpc) is 2.83. The molecule has 3 rings (SSSR count). The van der Waals surface area contributed by atoms with Crippen LogP contribution in [-0.2, 0) is 4.74 Å². The number of nitrogens with one attached hydrogen (secondary N) is 1. The number of benzene rings is 1. The Bertz CT molecular complexity index is 617. The molecule has 0 radical (unpaired) electrons. The van der Waals surface area contributed by atoms with E-state index in [4.69, 9.17) is 4.74 Å². The van der Waals surface area contributed by atoms with Crippen molar-refractivity contribution < 1.29 is 4.74 Å². The van der Waals surface area contributed by atoms with E-state index in [9.17, 15) is 4.79 Å². The van der Waals surface area contributed by atoms with Gasteiger partial charge in [0.05, 0.1) is 17.5 Å². The van der Waals surface area contributed by atoms with E-state index in [1.165, 1.54) is 0 Å². The zero-order valence-electron chi connectivity index (χ0n) is 9.07. The fourth-order valence-electron chi connectivity index (χ4n) is 2.07. The van der Waals surface area contributed by atoms with Crippen LogP contribution in [0, 0.1) is 0 Å². The number of aromatic amines is 1. The van der Waals surface area contributed by atoms with Crippen LogP contribution in [0.3, 0.4) is 0 Å². The van der Waals surface area contributed by atoms with Gasteiger partial charge in [0.15, 0.2) is 0 Å². The quantitative estimate of drug-likeness (QED) is 0.877. The molecule has 5 heteroatoms. The Balaban J connectivity index is 2.17. The standard InChI is InChI=1S/C12H11BrN2O2/c13-8-1-2-10-9(5-8)12(16)15-11(14-10)7-3-4-17-6-7/h1-2,5,7H,3-4,6H2,(H,14,15,16). The molecule has 0 saturated carbocycles. The van der Waals surface area contributed by atoms with Gasteiger partial charge in [0.1, 0.15) is 5.82 Å². The van der Waals surface area contributed by atoms with Crippen LogP contribution in [-0.4, -0.2) is 23.2 Å². The van der Waals surface area contributed by atoms with E-state index in [2.05, 4.69) is 25.9 Å². The van der Waals surface area contributed by atoms with E-state index in [-0.39, 0.29) is 11.5 Å². The number of H-pyrrole nitrogens is 1. The molecule has 1 aliphatic rings. The van der Waals surface area contributed by atoms with Gasteiger partial charge in [0.2, 0.25) is 0 Å². The maximum Gasteiger partial charge on any atom is 0.258 e. The molecule has 1 aliphatic heterocycles. The first-order valence-corrected chi connectivity index (χ1v) is 6.30. The first-order chi connectivity index (χ1) is 8.24. The topological polar surface area (TPSA) is 55.0 Å². The molecule has 1 unspecified atom stereocenters. The molecule has 4 nitrogen and oxygen atoms in total. The third-order valence-electron chi connectivity index (χ3n) is 3.00. The molecule has 1 aromatic heterocycles. The maximum atomic E-state index is 12.0. The largest absolute Gasteiger partial charge is 0.381 e. The molecule has 1 N–H and O–H groups in total. The lowest BCUT2D eigenvalue weighted by atomic mass is 10.1. The van der Waals surface area contributed by atoms with Crippen LogP contribution in [0.5, 0.6) is 0 Å². The van der Waals surface area contributed by atoms with Crippen LogP contribution in [0.15, 0.2) is 27.5 Å². The molecule has 17 heavy (non-hydrogen) atoms. The number of aromatic nitrogens is 2. The second-order valence-electron chi connectivity index (χ2n) is 4.17. The monoisotopic (exact) mass is 294 g/mol. The first kappa shape index (κ1) is 10.9. The molecule has 1 aromatic carbocycles. The average molecular weight is 295 g/mol. The number of fused-ring (bicyclic) bond motifs is 1. The lowest BCUT2D eigenvalue weighted by molar-refractivity contribution is 0.193. The highest BCUT2D eigenvalue weighted by Gasteiger charge is 2.20. The predicted molar refractivity (Wildman–Crippen MR) is 68.2 cm³/mol. The van der Waals surface area contributed by atoms with E-state index >= 15 is 0 Å². The van der Waals surface area contributed by atoms with E-state index in [1.807, 2.05) is 12.1 Å². The Kier molecular flexibility index (Phi) is 2.72. The summed E-state index contributed by atoms with van der Waals surface area (Å²) in [6.45, 7) is 1.39. The number of ether oxygens (including phenoxy) is 1. The summed E-state index contributed by atoms with van der Waals surface area (Å²) in [6.07, 6.45) is 0.922. The molecule has 0 bridgehead atoms. The number of hydrogen-bond acceptors (Lipinski definition) is 3. The molecule has 0 spiro atoms. The highest BCUT2D eigenvalue weighted by atomic mass is 79.9. The van der Waals surface area contributed by atoms with Crippen LogP contribution in [0.2, 0.25) is 0 Å². The van der Waals surface area contributed by atoms with Crippen molar-refractivity contribution in [2.75, 3.05) is 13.2 Å². The van der Waals surface area contributed by atoms with Gasteiger partial charge in [-0.1, -0.05) is 15.9 Å². The number of halogens is 1. The van der Waals surface area contributed by atoms with Crippen molar-refractivity contribution in [3.8, 4) is 0 Å². The van der Waals surface area contributed by atoms with Gasteiger partial charge in [0.25, 0.3) is 5.56 Å². The molecule has 88 valence electrons. The zero-order valence-corrected chi connectivity index (χ0v) is 10.7. The molecule has 1 saturated heterocycles. The zero-order chi connectivity index (χ0) is 11.8. The normalized spacial score (nSPS) is 19.9. The van der Waals surface area contributed by atoms with Crippen molar-refractivity contribution in [3.63, 3.8) is 0 Å². The Labute approximate surface area is 106 Å². The fourth-order valence-corrected chi connectivity index (χ4v) is 2.43. The van der Waals surface area contributed by atoms with E-state index in [0.29, 0.717) is 12.0 Å². The third kappa shape index (κ3) is 2.00. The Morgan fingerprint density at radius 2 is 2.35 bits per heavy atom. The van der Waals surface area contributed by atoms with Gasteiger partial charge in [-0.25, -0.2) is 4.98 Å². The maximum absolute atomic E-state index is 12.0. The van der Waals surface area contributed by atoms with Gasteiger partial charge in [-0.15, -0.1) is 0 Å². The van der Waals surface area contributed by atoms with Gasteiger partial charge in [0, 0.05) is 17.0 Å². The predicted octanol–water partition coefficient (Wildman–Crippen LogP) is 2.19. The number of hydrogen-bond donors (Lipinski definition) is 1. The van der Waals surface area contributed by atoms with Gasteiger partial charge < -0.3 is 9.72 Å². The molecule has 2 aromatic rings. The van der Waals surface area contributed by atoms with Gasteiger partial charge in [-0.05, 0) is 24.6 Å². The SMILES string of the molecule is O=c1[nH]c(C2CCOC2)nc2ccc(Br)cc12. The summed E-state index contributed by atoms with van der Waals surface area (Å²) in [5, 5.41) is 0.613. The molecular formula is C12H11BrN2O2. The van der Waals surface area contributed by atoms with Crippen molar-refractivity contribution >= 4 is 26.8 Å². The summed E-state index contributed by atoms with van der Waals surface area (Å²) in [6, 6.07) is 5.54. The van der Waals surface area contributed by atoms with Crippen molar-refractivity contribution in [1.82, 2.24) is 9.97 Å². The van der Waals surface area contributed by atoms with Crippen molar-refractivity contribution in [1.29, 1.82) is 0 Å². The Morgan fingerprint density at radius 1 is 1.47 bits per heavy atom. The highest BCUT2D eigenvalue weighted by Crippen LogP contribution is 2.23. The molecule has 0 aliphatic carbocycles. The van der Waals surface area contributed by atoms with E-state index in [1.54, 1.807) is 6.07 Å². The van der Waals surface area contributed by atoms with Crippen LogP contribution in [0.1, 0.15) is 18.2 Å². The van der Waals surface area contributed by atoms with Gasteiger partial charge >= 0.3 is 0 Å². The third-order valence-corrected chi connectivity index (χ3v) is 3.50. The summed E-state index contributed by atoms with van der Waals surface area (Å²) in [4.78, 5) is 19.3. The van der Waals surface area contributed by atoms with E-state index in [0.717, 1.165) is 28.8 Å². The minimum absolute atomic E-state index is 0.0850. The highest BCUT2D eigenvalue weighted by molar-refractivity contribution is 9.10. The first-order valence-electron chi connectivity index (χ1n) is 5.51. The molecular weight excluding hydrogens is 284 g/mol. The van der Waals surface area contributed by atoms with Crippen molar-refractivity contribution in [3.05, 3.63) is 38.9 Å². The molecule has 1 fully saturated rings. The number of nitrogens with zero attached hydrogens (tertiary/aromatic N) is 1. The summed E-state index contributed by atoms with van der Waals surface area (Å²) in [7, 11) is 0. The minimum Gasteiger partial charge on any atom is -0.381 e. The molecule has 0 amide bonds. The van der Waals surface area contributed by atoms with E-state index < -0.39 is 0 Å². The Morgan fingerprint density at radius 3 is 3.12 bits per heavy atom. The lowest BCUT2D eigenvalue weighted by Gasteiger charge is -2.07. The molecule has 2 heterocycles. The lowest BCUT2D eigenvalue weighted by Crippen LogP contribution is -2.15. The van der Waals surface area contributed by atoms with Crippen LogP contribution < -0.4 is 5.56 Å². The van der Waals surface area contributed by atoms with Crippen LogP contribution >= 0.6 is 15.9 Å². The van der Waals surface area contributed by atoms with Crippen molar-refractivity contribution in [2.24, 2.45) is 0 Å².